The minimum absolute atomic E-state index is 0.202. The van der Waals surface area contributed by atoms with Gasteiger partial charge >= 0.3 is 0 Å². The van der Waals surface area contributed by atoms with E-state index in [1.54, 1.807) is 49.2 Å². The number of halogens is 2. The van der Waals surface area contributed by atoms with Crippen LogP contribution in [-0.4, -0.2) is 27.7 Å². The van der Waals surface area contributed by atoms with Crippen LogP contribution in [0.4, 0.5) is 0 Å². The largest absolute Gasteiger partial charge is 0.355 e. The molecule has 0 spiro atoms. The molecule has 0 unspecified atom stereocenters. The number of amides is 1. The average molecular weight is 335 g/mol. The Morgan fingerprint density at radius 1 is 1.27 bits per heavy atom. The molecular formula is C15H12Cl2N4O. The first-order valence-electron chi connectivity index (χ1n) is 6.51. The smallest absolute Gasteiger partial charge is 0.251 e. The topological polar surface area (TPSA) is 59.8 Å². The lowest BCUT2D eigenvalue weighted by atomic mass is 10.1. The van der Waals surface area contributed by atoms with E-state index < -0.39 is 0 Å². The van der Waals surface area contributed by atoms with Gasteiger partial charge in [-0.1, -0.05) is 23.2 Å². The van der Waals surface area contributed by atoms with E-state index in [-0.39, 0.29) is 5.91 Å². The quantitative estimate of drug-likeness (QED) is 0.782. The molecule has 5 nitrogen and oxygen atoms in total. The molecule has 1 aromatic carbocycles. The van der Waals surface area contributed by atoms with E-state index in [1.165, 1.54) is 0 Å². The number of aromatic nitrogens is 3. The number of nitrogens with zero attached hydrogens (tertiary/aromatic N) is 3. The number of pyridine rings is 1. The summed E-state index contributed by atoms with van der Waals surface area (Å²) in [7, 11) is 3.36. The molecule has 3 aromatic rings. The van der Waals surface area contributed by atoms with Crippen molar-refractivity contribution in [1.29, 1.82) is 0 Å². The van der Waals surface area contributed by atoms with Crippen LogP contribution in [0.25, 0.3) is 22.3 Å². The van der Waals surface area contributed by atoms with Crippen LogP contribution in [0.2, 0.25) is 10.0 Å². The average Bonchev–Trinajstić information content (AvgIpc) is 2.87. The summed E-state index contributed by atoms with van der Waals surface area (Å²) in [6, 6.07) is 6.87. The standard InChI is InChI=1S/C15H12Cl2N4O/c1-18-15(22)10-6-13(9-4-3-8(16)5-12(9)17)20-14-11(10)7-19-21(14)2/h3-7H,1-2H3,(H,18,22). The van der Waals surface area contributed by atoms with Crippen LogP contribution in [0.15, 0.2) is 30.5 Å². The molecule has 2 heterocycles. The minimum Gasteiger partial charge on any atom is -0.355 e. The number of nitrogens with one attached hydrogen (secondary N) is 1. The molecule has 112 valence electrons. The fraction of sp³-hybridized carbons (Fsp3) is 0.133. The van der Waals surface area contributed by atoms with Gasteiger partial charge in [0.1, 0.15) is 0 Å². The number of hydrogen-bond acceptors (Lipinski definition) is 3. The van der Waals surface area contributed by atoms with Crippen molar-refractivity contribution in [3.63, 3.8) is 0 Å². The number of benzene rings is 1. The summed E-state index contributed by atoms with van der Waals surface area (Å²) in [4.78, 5) is 16.7. The summed E-state index contributed by atoms with van der Waals surface area (Å²) in [5, 5.41) is 8.50. The van der Waals surface area contributed by atoms with Gasteiger partial charge in [0.05, 0.1) is 27.9 Å². The Morgan fingerprint density at radius 3 is 2.73 bits per heavy atom. The maximum atomic E-state index is 12.1. The SMILES string of the molecule is CNC(=O)c1cc(-c2ccc(Cl)cc2Cl)nc2c1cnn2C. The van der Waals surface area contributed by atoms with Gasteiger partial charge in [-0.05, 0) is 24.3 Å². The Kier molecular flexibility index (Phi) is 3.76. The zero-order chi connectivity index (χ0) is 15.9. The van der Waals surface area contributed by atoms with Gasteiger partial charge in [-0.15, -0.1) is 0 Å². The van der Waals surface area contributed by atoms with Crippen molar-refractivity contribution in [3.8, 4) is 11.3 Å². The van der Waals surface area contributed by atoms with Crippen molar-refractivity contribution >= 4 is 40.1 Å². The van der Waals surface area contributed by atoms with E-state index in [2.05, 4.69) is 15.4 Å². The summed E-state index contributed by atoms with van der Waals surface area (Å²) in [6.45, 7) is 0. The number of carbonyl (C=O) groups excluding carboxylic acids is 1. The maximum absolute atomic E-state index is 12.1. The van der Waals surface area contributed by atoms with Crippen molar-refractivity contribution in [1.82, 2.24) is 20.1 Å². The lowest BCUT2D eigenvalue weighted by Gasteiger charge is -2.08. The zero-order valence-electron chi connectivity index (χ0n) is 11.9. The van der Waals surface area contributed by atoms with Crippen molar-refractivity contribution in [2.45, 2.75) is 0 Å². The molecule has 22 heavy (non-hydrogen) atoms. The van der Waals surface area contributed by atoms with E-state index >= 15 is 0 Å². The van der Waals surface area contributed by atoms with E-state index in [1.807, 2.05) is 0 Å². The second-order valence-corrected chi connectivity index (χ2v) is 5.61. The predicted molar refractivity (Wildman–Crippen MR) is 87.4 cm³/mol. The molecule has 0 atom stereocenters. The van der Waals surface area contributed by atoms with Crippen LogP contribution in [0.5, 0.6) is 0 Å². The van der Waals surface area contributed by atoms with Crippen molar-refractivity contribution < 1.29 is 4.79 Å². The molecule has 1 amide bonds. The molecule has 3 rings (SSSR count). The van der Waals surface area contributed by atoms with Gasteiger partial charge in [0.2, 0.25) is 0 Å². The van der Waals surface area contributed by atoms with E-state index in [9.17, 15) is 4.79 Å². The Balaban J connectivity index is 2.30. The molecule has 0 saturated carbocycles. The van der Waals surface area contributed by atoms with Crippen LogP contribution in [0.3, 0.4) is 0 Å². The Bertz CT molecular complexity index is 889. The molecule has 2 aromatic heterocycles. The monoisotopic (exact) mass is 334 g/mol. The Hall–Kier alpha value is -2.11. The number of hydrogen-bond donors (Lipinski definition) is 1. The van der Waals surface area contributed by atoms with Gasteiger partial charge in [-0.25, -0.2) is 4.98 Å². The molecule has 0 aliphatic carbocycles. The Morgan fingerprint density at radius 2 is 2.05 bits per heavy atom. The number of rotatable bonds is 2. The van der Waals surface area contributed by atoms with Crippen molar-refractivity contribution in [3.05, 3.63) is 46.1 Å². The highest BCUT2D eigenvalue weighted by Crippen LogP contribution is 2.31. The van der Waals surface area contributed by atoms with Crippen LogP contribution in [0, 0.1) is 0 Å². The molecular weight excluding hydrogens is 323 g/mol. The first-order chi connectivity index (χ1) is 10.5. The van der Waals surface area contributed by atoms with Gasteiger partial charge in [0.25, 0.3) is 5.91 Å². The Labute approximate surface area is 136 Å². The van der Waals surface area contributed by atoms with E-state index in [0.29, 0.717) is 37.9 Å². The van der Waals surface area contributed by atoms with Gasteiger partial charge in [-0.2, -0.15) is 5.10 Å². The predicted octanol–water partition coefficient (Wildman–Crippen LogP) is 3.30. The molecule has 0 saturated heterocycles. The number of carbonyl (C=O) groups is 1. The van der Waals surface area contributed by atoms with Gasteiger partial charge < -0.3 is 5.32 Å². The van der Waals surface area contributed by atoms with Gasteiger partial charge in [-0.3, -0.25) is 9.48 Å². The molecule has 0 bridgehead atoms. The molecule has 1 N–H and O–H groups in total. The van der Waals surface area contributed by atoms with Gasteiger partial charge in [0, 0.05) is 24.7 Å². The van der Waals surface area contributed by atoms with Crippen LogP contribution in [0.1, 0.15) is 10.4 Å². The lowest BCUT2D eigenvalue weighted by molar-refractivity contribution is 0.0964. The summed E-state index contributed by atoms with van der Waals surface area (Å²) in [6.07, 6.45) is 1.63. The van der Waals surface area contributed by atoms with Crippen LogP contribution >= 0.6 is 23.2 Å². The molecule has 7 heteroatoms. The molecule has 0 aliphatic rings. The maximum Gasteiger partial charge on any atom is 0.251 e. The third kappa shape index (κ3) is 2.42. The first-order valence-corrected chi connectivity index (χ1v) is 7.27. The van der Waals surface area contributed by atoms with Crippen molar-refractivity contribution in [2.24, 2.45) is 7.05 Å². The van der Waals surface area contributed by atoms with Crippen LogP contribution < -0.4 is 5.32 Å². The second kappa shape index (κ2) is 5.59. The lowest BCUT2D eigenvalue weighted by Crippen LogP contribution is -2.18. The highest BCUT2D eigenvalue weighted by Gasteiger charge is 2.16. The van der Waals surface area contributed by atoms with Crippen molar-refractivity contribution in [2.75, 3.05) is 7.05 Å². The van der Waals surface area contributed by atoms with Gasteiger partial charge in [0.15, 0.2) is 5.65 Å². The first kappa shape index (κ1) is 14.8. The fourth-order valence-electron chi connectivity index (χ4n) is 2.27. The summed E-state index contributed by atoms with van der Waals surface area (Å²) < 4.78 is 1.62. The fourth-order valence-corrected chi connectivity index (χ4v) is 2.78. The normalized spacial score (nSPS) is 10.9. The molecule has 0 aliphatic heterocycles. The number of aryl methyl sites for hydroxylation is 1. The number of fused-ring (bicyclic) bond motifs is 1. The third-order valence-corrected chi connectivity index (χ3v) is 3.93. The highest BCUT2D eigenvalue weighted by molar-refractivity contribution is 6.36. The summed E-state index contributed by atoms with van der Waals surface area (Å²) in [5.74, 6) is -0.202. The summed E-state index contributed by atoms with van der Waals surface area (Å²) in [5.41, 5.74) is 2.42. The summed E-state index contributed by atoms with van der Waals surface area (Å²) >= 11 is 12.2. The highest BCUT2D eigenvalue weighted by atomic mass is 35.5. The van der Waals surface area contributed by atoms with Crippen LogP contribution in [-0.2, 0) is 7.05 Å². The van der Waals surface area contributed by atoms with E-state index in [4.69, 9.17) is 23.2 Å². The zero-order valence-corrected chi connectivity index (χ0v) is 13.4. The molecule has 0 fully saturated rings. The third-order valence-electron chi connectivity index (χ3n) is 3.38. The molecule has 0 radical (unpaired) electrons. The van der Waals surface area contributed by atoms with E-state index in [0.717, 1.165) is 0 Å². The second-order valence-electron chi connectivity index (χ2n) is 4.76. The minimum atomic E-state index is -0.202.